The molecule has 1 heterocycles. The first-order chi connectivity index (χ1) is 9.32. The second-order valence-corrected chi connectivity index (χ2v) is 6.34. The number of carbonyl (C=O) groups excluding carboxylic acids is 1. The molecule has 0 aliphatic rings. The molecular weight excluding hydrogens is 282 g/mol. The van der Waals surface area contributed by atoms with E-state index in [0.717, 1.165) is 0 Å². The van der Waals surface area contributed by atoms with E-state index in [1.807, 2.05) is 0 Å². The number of hydrogen-bond donors (Lipinski definition) is 3. The molecule has 1 aromatic rings. The van der Waals surface area contributed by atoms with Crippen molar-refractivity contribution in [3.63, 3.8) is 0 Å². The van der Waals surface area contributed by atoms with Gasteiger partial charge in [-0.05, 0) is 13.0 Å². The molecule has 0 aliphatic heterocycles. The van der Waals surface area contributed by atoms with Crippen molar-refractivity contribution < 1.29 is 18.3 Å². The van der Waals surface area contributed by atoms with Gasteiger partial charge < -0.3 is 15.4 Å². The quantitative estimate of drug-likeness (QED) is 0.667. The van der Waals surface area contributed by atoms with E-state index in [9.17, 15) is 13.2 Å². The number of rotatable bonds is 7. The number of aromatic nitrogens is 1. The lowest BCUT2D eigenvalue weighted by molar-refractivity contribution is 0.0919. The average Bonchev–Trinajstić information content (AvgIpc) is 2.87. The zero-order valence-electron chi connectivity index (χ0n) is 11.9. The third-order valence-corrected chi connectivity index (χ3v) is 4.83. The van der Waals surface area contributed by atoms with Gasteiger partial charge in [-0.1, -0.05) is 13.8 Å². The fraction of sp³-hybridized carbons (Fsp3) is 0.583. The van der Waals surface area contributed by atoms with Gasteiger partial charge in [0.05, 0.1) is 6.10 Å². The molecular formula is C12H21N3O4S. The lowest BCUT2D eigenvalue weighted by atomic mass is 10.3. The maximum absolute atomic E-state index is 12.2. The SMILES string of the molecule is CCN(CC)S(=O)(=O)c1c[nH]c(C(=O)NCC(C)O)c1. The van der Waals surface area contributed by atoms with Gasteiger partial charge in [0.25, 0.3) is 5.91 Å². The number of hydrogen-bond acceptors (Lipinski definition) is 4. The molecule has 20 heavy (non-hydrogen) atoms. The first kappa shape index (κ1) is 16.7. The van der Waals surface area contributed by atoms with Crippen LogP contribution in [0.15, 0.2) is 17.2 Å². The lowest BCUT2D eigenvalue weighted by Gasteiger charge is -2.16. The minimum absolute atomic E-state index is 0.0587. The molecule has 1 unspecified atom stereocenters. The van der Waals surface area contributed by atoms with Crippen LogP contribution in [-0.2, 0) is 10.0 Å². The molecule has 0 saturated heterocycles. The van der Waals surface area contributed by atoms with Crippen LogP contribution in [0.25, 0.3) is 0 Å². The van der Waals surface area contributed by atoms with Gasteiger partial charge in [0.15, 0.2) is 0 Å². The Kier molecular flexibility index (Phi) is 5.73. The summed E-state index contributed by atoms with van der Waals surface area (Å²) in [5.41, 5.74) is 0.149. The summed E-state index contributed by atoms with van der Waals surface area (Å²) in [5.74, 6) is -0.452. The van der Waals surface area contributed by atoms with E-state index >= 15 is 0 Å². The second-order valence-electron chi connectivity index (χ2n) is 4.40. The number of amides is 1. The highest BCUT2D eigenvalue weighted by Crippen LogP contribution is 2.16. The average molecular weight is 303 g/mol. The Morgan fingerprint density at radius 1 is 1.45 bits per heavy atom. The van der Waals surface area contributed by atoms with Crippen molar-refractivity contribution in [3.05, 3.63) is 18.0 Å². The summed E-state index contributed by atoms with van der Waals surface area (Å²) in [7, 11) is -3.57. The molecule has 0 aliphatic carbocycles. The van der Waals surface area contributed by atoms with Crippen molar-refractivity contribution in [1.82, 2.24) is 14.6 Å². The number of aliphatic hydroxyl groups is 1. The highest BCUT2D eigenvalue weighted by molar-refractivity contribution is 7.89. The summed E-state index contributed by atoms with van der Waals surface area (Å²) >= 11 is 0. The highest BCUT2D eigenvalue weighted by Gasteiger charge is 2.24. The van der Waals surface area contributed by atoms with Crippen molar-refractivity contribution in [1.29, 1.82) is 0 Å². The minimum Gasteiger partial charge on any atom is -0.392 e. The maximum atomic E-state index is 12.2. The van der Waals surface area contributed by atoms with Crippen molar-refractivity contribution >= 4 is 15.9 Å². The molecule has 0 spiro atoms. The minimum atomic E-state index is -3.57. The third-order valence-electron chi connectivity index (χ3n) is 2.80. The summed E-state index contributed by atoms with van der Waals surface area (Å²) in [6.07, 6.45) is 0.637. The van der Waals surface area contributed by atoms with Crippen LogP contribution in [0.3, 0.4) is 0 Å². The van der Waals surface area contributed by atoms with Gasteiger partial charge >= 0.3 is 0 Å². The molecule has 1 aromatic heterocycles. The van der Waals surface area contributed by atoms with Gasteiger partial charge in [-0.15, -0.1) is 0 Å². The van der Waals surface area contributed by atoms with Crippen molar-refractivity contribution in [2.24, 2.45) is 0 Å². The fourth-order valence-electron chi connectivity index (χ4n) is 1.70. The summed E-state index contributed by atoms with van der Waals surface area (Å²) in [6, 6.07) is 1.30. The van der Waals surface area contributed by atoms with Crippen molar-refractivity contribution in [2.45, 2.75) is 31.8 Å². The van der Waals surface area contributed by atoms with Crippen molar-refractivity contribution in [2.75, 3.05) is 19.6 Å². The molecule has 1 atom stereocenters. The van der Waals surface area contributed by atoms with E-state index in [1.54, 1.807) is 20.8 Å². The number of sulfonamides is 1. The number of aliphatic hydroxyl groups excluding tert-OH is 1. The van der Waals surface area contributed by atoms with E-state index in [-0.39, 0.29) is 17.1 Å². The Balaban J connectivity index is 2.89. The molecule has 8 heteroatoms. The van der Waals surface area contributed by atoms with Crippen LogP contribution in [0.5, 0.6) is 0 Å². The van der Waals surface area contributed by atoms with Crippen LogP contribution in [0, 0.1) is 0 Å². The first-order valence-corrected chi connectivity index (χ1v) is 7.91. The summed E-state index contributed by atoms with van der Waals surface area (Å²) in [6.45, 7) is 5.90. The van der Waals surface area contributed by atoms with Crippen LogP contribution < -0.4 is 5.32 Å². The van der Waals surface area contributed by atoms with Gasteiger partial charge in [-0.25, -0.2) is 8.42 Å². The van der Waals surface area contributed by atoms with Crippen molar-refractivity contribution in [3.8, 4) is 0 Å². The number of nitrogens with one attached hydrogen (secondary N) is 2. The third kappa shape index (κ3) is 3.81. The van der Waals surface area contributed by atoms with Crippen LogP contribution >= 0.6 is 0 Å². The van der Waals surface area contributed by atoms with E-state index in [2.05, 4.69) is 10.3 Å². The molecule has 1 amide bonds. The molecule has 3 N–H and O–H groups in total. The smallest absolute Gasteiger partial charge is 0.267 e. The van der Waals surface area contributed by atoms with E-state index in [0.29, 0.717) is 13.1 Å². The van der Waals surface area contributed by atoms with E-state index in [4.69, 9.17) is 5.11 Å². The van der Waals surface area contributed by atoms with E-state index in [1.165, 1.54) is 16.6 Å². The standard InChI is InChI=1S/C12H21N3O4S/c1-4-15(5-2)20(18,19)10-6-11(13-8-10)12(17)14-7-9(3)16/h6,8-9,13,16H,4-5,7H2,1-3H3,(H,14,17). The first-order valence-electron chi connectivity index (χ1n) is 6.47. The fourth-order valence-corrected chi connectivity index (χ4v) is 3.16. The van der Waals surface area contributed by atoms with Gasteiger partial charge in [0.1, 0.15) is 10.6 Å². The Bertz CT molecular complexity index is 547. The highest BCUT2D eigenvalue weighted by atomic mass is 32.2. The zero-order valence-corrected chi connectivity index (χ0v) is 12.7. The van der Waals surface area contributed by atoms with Gasteiger partial charge in [-0.3, -0.25) is 4.79 Å². The maximum Gasteiger partial charge on any atom is 0.267 e. The summed E-state index contributed by atoms with van der Waals surface area (Å²) in [5, 5.41) is 11.6. The van der Waals surface area contributed by atoms with Crippen LogP contribution in [-0.4, -0.2) is 54.5 Å². The van der Waals surface area contributed by atoms with Gasteiger partial charge in [-0.2, -0.15) is 4.31 Å². The Labute approximate surface area is 119 Å². The van der Waals surface area contributed by atoms with Crippen LogP contribution in [0.1, 0.15) is 31.3 Å². The molecule has 114 valence electrons. The monoisotopic (exact) mass is 303 g/mol. The normalized spacial score (nSPS) is 13.4. The van der Waals surface area contributed by atoms with Gasteiger partial charge in [0.2, 0.25) is 10.0 Å². The summed E-state index contributed by atoms with van der Waals surface area (Å²) in [4.78, 5) is 14.4. The molecule has 7 nitrogen and oxygen atoms in total. The van der Waals surface area contributed by atoms with Crippen LogP contribution in [0.2, 0.25) is 0 Å². The molecule has 0 radical (unpaired) electrons. The summed E-state index contributed by atoms with van der Waals surface area (Å²) < 4.78 is 25.8. The number of carbonyl (C=O) groups is 1. The molecule has 1 rings (SSSR count). The molecule has 0 saturated carbocycles. The number of nitrogens with zero attached hydrogens (tertiary/aromatic N) is 1. The van der Waals surface area contributed by atoms with E-state index < -0.39 is 22.0 Å². The van der Waals surface area contributed by atoms with Crippen LogP contribution in [0.4, 0.5) is 0 Å². The topological polar surface area (TPSA) is 103 Å². The predicted octanol–water partition coefficient (Wildman–Crippen LogP) is 0.156. The van der Waals surface area contributed by atoms with Gasteiger partial charge in [0, 0.05) is 25.8 Å². The second kappa shape index (κ2) is 6.87. The zero-order chi connectivity index (χ0) is 15.3. The Morgan fingerprint density at radius 3 is 2.55 bits per heavy atom. The predicted molar refractivity (Wildman–Crippen MR) is 74.9 cm³/mol. The number of aromatic amines is 1. The largest absolute Gasteiger partial charge is 0.392 e. The molecule has 0 bridgehead atoms. The Hall–Kier alpha value is -1.38. The molecule has 0 aromatic carbocycles. The Morgan fingerprint density at radius 2 is 2.05 bits per heavy atom. The number of H-pyrrole nitrogens is 1. The lowest BCUT2D eigenvalue weighted by Crippen LogP contribution is -2.31. The molecule has 0 fully saturated rings.